The number of nitrogens with one attached hydrogen (secondary N) is 2. The zero-order valence-electron chi connectivity index (χ0n) is 13.2. The lowest BCUT2D eigenvalue weighted by Crippen LogP contribution is -2.26. The number of hydrogen-bond donors (Lipinski definition) is 2. The number of carbonyl (C=O) groups excluding carboxylic acids is 1. The highest BCUT2D eigenvalue weighted by molar-refractivity contribution is 5.94. The van der Waals surface area contributed by atoms with Gasteiger partial charge in [-0.25, -0.2) is 0 Å². The van der Waals surface area contributed by atoms with E-state index in [1.807, 2.05) is 6.07 Å². The van der Waals surface area contributed by atoms with Crippen molar-refractivity contribution in [3.8, 4) is 0 Å². The Morgan fingerprint density at radius 3 is 2.76 bits per heavy atom. The molecule has 1 aliphatic rings. The molecule has 1 aromatic heterocycles. The maximum absolute atomic E-state index is 12.1. The van der Waals surface area contributed by atoms with Gasteiger partial charge >= 0.3 is 0 Å². The van der Waals surface area contributed by atoms with Gasteiger partial charge in [0.2, 0.25) is 0 Å². The van der Waals surface area contributed by atoms with E-state index in [0.29, 0.717) is 17.5 Å². The Kier molecular flexibility index (Phi) is 6.03. The maximum Gasteiger partial charge on any atom is 0.252 e. The van der Waals surface area contributed by atoms with E-state index in [4.69, 9.17) is 0 Å². The predicted molar refractivity (Wildman–Crippen MR) is 86.5 cm³/mol. The summed E-state index contributed by atoms with van der Waals surface area (Å²) in [5.74, 6) is 0.568. The summed E-state index contributed by atoms with van der Waals surface area (Å²) in [6.07, 6.45) is 10.8. The predicted octanol–water partition coefficient (Wildman–Crippen LogP) is 3.60. The van der Waals surface area contributed by atoms with Crippen LogP contribution in [0.5, 0.6) is 0 Å². The lowest BCUT2D eigenvalue weighted by molar-refractivity contribution is 0.0951. The van der Waals surface area contributed by atoms with Gasteiger partial charge < -0.3 is 10.6 Å². The lowest BCUT2D eigenvalue weighted by atomic mass is 9.95. The molecule has 116 valence electrons. The topological polar surface area (TPSA) is 54.0 Å². The van der Waals surface area contributed by atoms with Gasteiger partial charge in [-0.15, -0.1) is 0 Å². The molecule has 0 spiro atoms. The van der Waals surface area contributed by atoms with Crippen molar-refractivity contribution in [3.05, 3.63) is 24.0 Å². The summed E-state index contributed by atoms with van der Waals surface area (Å²) in [6.45, 7) is 5.03. The van der Waals surface area contributed by atoms with Crippen LogP contribution < -0.4 is 10.6 Å². The van der Waals surface area contributed by atoms with Gasteiger partial charge in [-0.1, -0.05) is 33.1 Å². The average molecular weight is 289 g/mol. The van der Waals surface area contributed by atoms with Crippen molar-refractivity contribution in [2.45, 2.75) is 58.4 Å². The molecule has 2 N–H and O–H groups in total. The Bertz CT molecular complexity index is 453. The van der Waals surface area contributed by atoms with E-state index < -0.39 is 0 Å². The van der Waals surface area contributed by atoms with E-state index in [1.54, 1.807) is 12.4 Å². The molecule has 0 aliphatic heterocycles. The summed E-state index contributed by atoms with van der Waals surface area (Å²) >= 11 is 0. The smallest absolute Gasteiger partial charge is 0.252 e. The fourth-order valence-electron chi connectivity index (χ4n) is 2.70. The van der Waals surface area contributed by atoms with Crippen LogP contribution in [0.3, 0.4) is 0 Å². The second-order valence-electron chi connectivity index (χ2n) is 6.38. The first-order valence-corrected chi connectivity index (χ1v) is 8.15. The second-order valence-corrected chi connectivity index (χ2v) is 6.38. The molecule has 1 saturated carbocycles. The van der Waals surface area contributed by atoms with Crippen molar-refractivity contribution < 1.29 is 4.79 Å². The molecule has 1 aromatic rings. The van der Waals surface area contributed by atoms with E-state index in [9.17, 15) is 4.79 Å². The van der Waals surface area contributed by atoms with Gasteiger partial charge in [-0.05, 0) is 31.2 Å². The minimum atomic E-state index is -0.0320. The van der Waals surface area contributed by atoms with Crippen LogP contribution in [-0.4, -0.2) is 23.5 Å². The van der Waals surface area contributed by atoms with Crippen molar-refractivity contribution in [3.63, 3.8) is 0 Å². The highest BCUT2D eigenvalue weighted by Gasteiger charge is 2.14. The Morgan fingerprint density at radius 1 is 1.29 bits per heavy atom. The molecule has 1 fully saturated rings. The van der Waals surface area contributed by atoms with Crippen molar-refractivity contribution in [2.75, 3.05) is 11.9 Å². The number of pyridine rings is 1. The number of amides is 1. The van der Waals surface area contributed by atoms with Crippen LogP contribution in [0.15, 0.2) is 18.5 Å². The van der Waals surface area contributed by atoms with E-state index >= 15 is 0 Å². The molecule has 0 unspecified atom stereocenters. The van der Waals surface area contributed by atoms with Crippen LogP contribution in [0.2, 0.25) is 0 Å². The standard InChI is InChI=1S/C17H27N3O/c1-13(2)8-9-19-17(21)14-10-16(12-18-11-14)20-15-6-4-3-5-7-15/h10-13,15,20H,3-9H2,1-2H3,(H,19,21). The Hall–Kier alpha value is -1.58. The normalized spacial score (nSPS) is 16.0. The molecule has 1 heterocycles. The Labute approximate surface area is 127 Å². The van der Waals surface area contributed by atoms with Gasteiger partial charge in [-0.2, -0.15) is 0 Å². The first-order valence-electron chi connectivity index (χ1n) is 8.15. The molecule has 4 nitrogen and oxygen atoms in total. The number of rotatable bonds is 6. The summed E-state index contributed by atoms with van der Waals surface area (Å²) in [5.41, 5.74) is 1.60. The SMILES string of the molecule is CC(C)CCNC(=O)c1cncc(NC2CCCCC2)c1. The minimum Gasteiger partial charge on any atom is -0.381 e. The highest BCUT2D eigenvalue weighted by Crippen LogP contribution is 2.21. The second kappa shape index (κ2) is 8.01. The maximum atomic E-state index is 12.1. The van der Waals surface area contributed by atoms with Crippen LogP contribution in [0.1, 0.15) is 62.7 Å². The molecule has 1 amide bonds. The molecule has 2 rings (SSSR count). The Balaban J connectivity index is 1.88. The van der Waals surface area contributed by atoms with E-state index in [2.05, 4.69) is 29.5 Å². The third kappa shape index (κ3) is 5.37. The first-order chi connectivity index (χ1) is 10.1. The van der Waals surface area contributed by atoms with Crippen molar-refractivity contribution >= 4 is 11.6 Å². The lowest BCUT2D eigenvalue weighted by Gasteiger charge is -2.23. The fraction of sp³-hybridized carbons (Fsp3) is 0.647. The minimum absolute atomic E-state index is 0.0320. The van der Waals surface area contributed by atoms with Crippen LogP contribution in [-0.2, 0) is 0 Å². The van der Waals surface area contributed by atoms with E-state index in [0.717, 1.165) is 18.7 Å². The van der Waals surface area contributed by atoms with Crippen LogP contribution in [0.25, 0.3) is 0 Å². The molecule has 21 heavy (non-hydrogen) atoms. The van der Waals surface area contributed by atoms with Crippen LogP contribution in [0, 0.1) is 5.92 Å². The average Bonchev–Trinajstić information content (AvgIpc) is 2.48. The molecule has 0 bridgehead atoms. The summed E-state index contributed by atoms with van der Waals surface area (Å²) in [5, 5.41) is 6.46. The summed E-state index contributed by atoms with van der Waals surface area (Å²) in [6, 6.07) is 2.44. The third-order valence-electron chi connectivity index (χ3n) is 3.98. The van der Waals surface area contributed by atoms with Gasteiger partial charge in [0.15, 0.2) is 0 Å². The largest absolute Gasteiger partial charge is 0.381 e. The van der Waals surface area contributed by atoms with Crippen LogP contribution >= 0.6 is 0 Å². The summed E-state index contributed by atoms with van der Waals surface area (Å²) in [4.78, 5) is 16.3. The number of anilines is 1. The summed E-state index contributed by atoms with van der Waals surface area (Å²) in [7, 11) is 0. The van der Waals surface area contributed by atoms with E-state index in [1.165, 1.54) is 32.1 Å². The van der Waals surface area contributed by atoms with E-state index in [-0.39, 0.29) is 5.91 Å². The molecule has 0 aromatic carbocycles. The highest BCUT2D eigenvalue weighted by atomic mass is 16.1. The summed E-state index contributed by atoms with van der Waals surface area (Å²) < 4.78 is 0. The zero-order chi connectivity index (χ0) is 15.1. The quantitative estimate of drug-likeness (QED) is 0.841. The number of aromatic nitrogens is 1. The molecule has 0 atom stereocenters. The number of hydrogen-bond acceptors (Lipinski definition) is 3. The molecule has 1 aliphatic carbocycles. The zero-order valence-corrected chi connectivity index (χ0v) is 13.2. The molecular weight excluding hydrogens is 262 g/mol. The van der Waals surface area contributed by atoms with Gasteiger partial charge in [0.25, 0.3) is 5.91 Å². The third-order valence-corrected chi connectivity index (χ3v) is 3.98. The van der Waals surface area contributed by atoms with Gasteiger partial charge in [0, 0.05) is 25.0 Å². The molecule has 4 heteroatoms. The van der Waals surface area contributed by atoms with Gasteiger partial charge in [0.05, 0.1) is 11.3 Å². The molecular formula is C17H27N3O. The van der Waals surface area contributed by atoms with Gasteiger partial charge in [0.1, 0.15) is 0 Å². The van der Waals surface area contributed by atoms with Crippen LogP contribution in [0.4, 0.5) is 5.69 Å². The van der Waals surface area contributed by atoms with Gasteiger partial charge in [-0.3, -0.25) is 9.78 Å². The van der Waals surface area contributed by atoms with Crippen molar-refractivity contribution in [2.24, 2.45) is 5.92 Å². The number of nitrogens with zero attached hydrogens (tertiary/aromatic N) is 1. The monoisotopic (exact) mass is 289 g/mol. The molecule has 0 saturated heterocycles. The first kappa shape index (κ1) is 15.8. The fourth-order valence-corrected chi connectivity index (χ4v) is 2.70. The number of carbonyl (C=O) groups is 1. The van der Waals surface area contributed by atoms with Crippen molar-refractivity contribution in [1.29, 1.82) is 0 Å². The Morgan fingerprint density at radius 2 is 2.05 bits per heavy atom. The van der Waals surface area contributed by atoms with Crippen molar-refractivity contribution in [1.82, 2.24) is 10.3 Å². The molecule has 0 radical (unpaired) electrons.